The molecule has 1 fully saturated rings. The summed E-state index contributed by atoms with van der Waals surface area (Å²) >= 11 is 0. The average molecular weight is 603 g/mol. The van der Waals surface area contributed by atoms with E-state index in [1.807, 2.05) is 11.9 Å². The van der Waals surface area contributed by atoms with Gasteiger partial charge in [-0.2, -0.15) is 18.3 Å². The Morgan fingerprint density at radius 2 is 1.77 bits per heavy atom. The number of ether oxygens (including phenoxy) is 1. The first kappa shape index (κ1) is 29.9. The molecule has 224 valence electrons. The molecule has 1 amide bonds. The van der Waals surface area contributed by atoms with Crippen molar-refractivity contribution in [1.29, 1.82) is 0 Å². The number of hydrogen-bond donors (Lipinski definition) is 2. The molecule has 0 saturated carbocycles. The lowest BCUT2D eigenvalue weighted by molar-refractivity contribution is -0.274. The number of pyridine rings is 1. The number of hydrogen-bond acceptors (Lipinski definition) is 6. The number of benzene rings is 2. The van der Waals surface area contributed by atoms with E-state index in [4.69, 9.17) is 0 Å². The van der Waals surface area contributed by atoms with E-state index in [9.17, 15) is 31.1 Å². The van der Waals surface area contributed by atoms with Crippen LogP contribution in [0.2, 0.25) is 0 Å². The zero-order valence-corrected chi connectivity index (χ0v) is 22.6. The number of carbonyl (C=O) groups is 1. The lowest BCUT2D eigenvalue weighted by Gasteiger charge is -2.33. The Hall–Kier alpha value is -4.61. The molecule has 0 aliphatic carbocycles. The maximum atomic E-state index is 13.9. The van der Waals surface area contributed by atoms with Crippen LogP contribution in [0.15, 0.2) is 54.9 Å². The Balaban J connectivity index is 1.32. The number of nitrogens with zero attached hydrogens (tertiary/aromatic N) is 4. The fraction of sp³-hybridized carbons (Fsp3) is 0.276. The molecular weight excluding hydrogens is 578 g/mol. The summed E-state index contributed by atoms with van der Waals surface area (Å²) in [6.07, 6.45) is -6.89. The molecule has 0 radical (unpaired) electrons. The number of alkyl halides is 6. The first-order valence-electron chi connectivity index (χ1n) is 13.0. The van der Waals surface area contributed by atoms with Crippen molar-refractivity contribution in [1.82, 2.24) is 25.0 Å². The molecule has 0 atom stereocenters. The number of likely N-dealkylation sites (N-methyl/N-ethyl adjacent to an activating group) is 1. The molecule has 43 heavy (non-hydrogen) atoms. The number of halogens is 6. The molecule has 2 N–H and O–H groups in total. The minimum Gasteiger partial charge on any atom is -0.406 e. The summed E-state index contributed by atoms with van der Waals surface area (Å²) in [5, 5.41) is 9.43. The topological polar surface area (TPSA) is 86.4 Å². The van der Waals surface area contributed by atoms with E-state index in [1.54, 1.807) is 0 Å². The predicted molar refractivity (Wildman–Crippen MR) is 145 cm³/mol. The number of anilines is 1. The quantitative estimate of drug-likeness (QED) is 0.239. The third kappa shape index (κ3) is 7.62. The SMILES string of the molecule is CN1CCN(Cc2ccc(NC(=O)c3cncc(C#Cc4n[nH]c5ccc(OC(F)(F)F)cc45)c3)cc2C(F)(F)F)CC1. The van der Waals surface area contributed by atoms with E-state index in [2.05, 4.69) is 42.0 Å². The van der Waals surface area contributed by atoms with Crippen LogP contribution < -0.4 is 10.1 Å². The van der Waals surface area contributed by atoms with Gasteiger partial charge in [-0.3, -0.25) is 19.8 Å². The van der Waals surface area contributed by atoms with Crippen molar-refractivity contribution in [2.75, 3.05) is 38.5 Å². The number of H-pyrrole nitrogens is 1. The summed E-state index contributed by atoms with van der Waals surface area (Å²) in [5.74, 6) is 4.34. The Morgan fingerprint density at radius 1 is 1.00 bits per heavy atom. The van der Waals surface area contributed by atoms with E-state index in [1.165, 1.54) is 36.7 Å². The predicted octanol–water partition coefficient (Wildman–Crippen LogP) is 5.27. The number of amides is 1. The number of piperazine rings is 1. The highest BCUT2D eigenvalue weighted by molar-refractivity contribution is 6.04. The highest BCUT2D eigenvalue weighted by Gasteiger charge is 2.34. The molecule has 8 nitrogen and oxygen atoms in total. The summed E-state index contributed by atoms with van der Waals surface area (Å²) in [6.45, 7) is 2.99. The molecule has 2 aromatic heterocycles. The van der Waals surface area contributed by atoms with Crippen molar-refractivity contribution in [3.05, 3.63) is 82.8 Å². The van der Waals surface area contributed by atoms with Crippen molar-refractivity contribution in [3.8, 4) is 17.6 Å². The second kappa shape index (κ2) is 11.9. The van der Waals surface area contributed by atoms with Gasteiger partial charge in [-0.05, 0) is 54.9 Å². The Labute approximate surface area is 241 Å². The number of aromatic nitrogens is 3. The molecule has 2 aromatic carbocycles. The van der Waals surface area contributed by atoms with Crippen molar-refractivity contribution < 1.29 is 35.9 Å². The molecule has 1 aliphatic rings. The largest absolute Gasteiger partial charge is 0.573 e. The maximum Gasteiger partial charge on any atom is 0.573 e. The van der Waals surface area contributed by atoms with E-state index >= 15 is 0 Å². The number of rotatable bonds is 5. The van der Waals surface area contributed by atoms with E-state index in [0.717, 1.165) is 31.3 Å². The standard InChI is InChI=1S/C29H24F6N6O2/c1-40-8-10-41(11-9-40)17-19-3-4-21(13-24(19)28(30,31)32)37-27(42)20-12-18(15-36-16-20)2-6-25-23-14-22(43-29(33,34)35)5-7-26(23)39-38-25/h3-5,7,12-16H,8-11,17H2,1H3,(H,37,42)(H,38,39). The van der Waals surface area contributed by atoms with Crippen molar-refractivity contribution in [3.63, 3.8) is 0 Å². The van der Waals surface area contributed by atoms with Gasteiger partial charge >= 0.3 is 12.5 Å². The van der Waals surface area contributed by atoms with Crippen LogP contribution >= 0.6 is 0 Å². The second-order valence-electron chi connectivity index (χ2n) is 9.94. The van der Waals surface area contributed by atoms with Crippen LogP contribution in [0, 0.1) is 11.8 Å². The summed E-state index contributed by atoms with van der Waals surface area (Å²) in [4.78, 5) is 21.0. The minimum atomic E-state index is -4.86. The number of aromatic amines is 1. The van der Waals surface area contributed by atoms with Crippen LogP contribution in [0.4, 0.5) is 32.0 Å². The lowest BCUT2D eigenvalue weighted by atomic mass is 10.0. The van der Waals surface area contributed by atoms with Crippen LogP contribution in [-0.4, -0.2) is 70.5 Å². The van der Waals surface area contributed by atoms with Crippen molar-refractivity contribution in [2.24, 2.45) is 0 Å². The van der Waals surface area contributed by atoms with Crippen LogP contribution in [-0.2, 0) is 12.7 Å². The molecular formula is C29H24F6N6O2. The van der Waals surface area contributed by atoms with Gasteiger partial charge < -0.3 is 15.0 Å². The first-order chi connectivity index (χ1) is 20.3. The number of fused-ring (bicyclic) bond motifs is 1. The minimum absolute atomic E-state index is 0.0317. The second-order valence-corrected chi connectivity index (χ2v) is 9.94. The molecule has 0 unspecified atom stereocenters. The van der Waals surface area contributed by atoms with E-state index in [0.29, 0.717) is 18.6 Å². The van der Waals surface area contributed by atoms with Crippen molar-refractivity contribution >= 4 is 22.5 Å². The van der Waals surface area contributed by atoms with Gasteiger partial charge in [-0.1, -0.05) is 12.0 Å². The summed E-state index contributed by atoms with van der Waals surface area (Å²) < 4.78 is 83.5. The molecule has 14 heteroatoms. The van der Waals surface area contributed by atoms with Crippen LogP contribution in [0.1, 0.15) is 32.7 Å². The van der Waals surface area contributed by atoms with Gasteiger partial charge in [0.25, 0.3) is 5.91 Å². The van der Waals surface area contributed by atoms with Gasteiger partial charge in [-0.25, -0.2) is 0 Å². The average Bonchev–Trinajstić information content (AvgIpc) is 3.34. The highest BCUT2D eigenvalue weighted by Crippen LogP contribution is 2.35. The lowest BCUT2D eigenvalue weighted by Crippen LogP contribution is -2.44. The van der Waals surface area contributed by atoms with Gasteiger partial charge in [-0.15, -0.1) is 13.2 Å². The van der Waals surface area contributed by atoms with Gasteiger partial charge in [0, 0.05) is 61.8 Å². The fourth-order valence-corrected chi connectivity index (χ4v) is 4.56. The number of carbonyl (C=O) groups excluding carboxylic acids is 1. The molecule has 5 rings (SSSR count). The molecule has 0 bridgehead atoms. The Morgan fingerprint density at radius 3 is 2.49 bits per heavy atom. The summed E-state index contributed by atoms with van der Waals surface area (Å²) in [7, 11) is 1.96. The zero-order valence-electron chi connectivity index (χ0n) is 22.6. The van der Waals surface area contributed by atoms with E-state index in [-0.39, 0.29) is 40.0 Å². The molecule has 3 heterocycles. The zero-order chi connectivity index (χ0) is 30.8. The van der Waals surface area contributed by atoms with Gasteiger partial charge in [0.05, 0.1) is 16.6 Å². The van der Waals surface area contributed by atoms with Gasteiger partial charge in [0.2, 0.25) is 0 Å². The third-order valence-electron chi connectivity index (χ3n) is 6.76. The molecule has 0 spiro atoms. The first-order valence-corrected chi connectivity index (χ1v) is 13.0. The van der Waals surface area contributed by atoms with Gasteiger partial charge in [0.15, 0.2) is 0 Å². The van der Waals surface area contributed by atoms with Crippen LogP contribution in [0.5, 0.6) is 5.75 Å². The maximum absolute atomic E-state index is 13.9. The monoisotopic (exact) mass is 602 g/mol. The summed E-state index contributed by atoms with van der Waals surface area (Å²) in [6, 6.07) is 8.74. The summed E-state index contributed by atoms with van der Waals surface area (Å²) in [5.41, 5.74) is 0.135. The van der Waals surface area contributed by atoms with Crippen molar-refractivity contribution in [2.45, 2.75) is 19.1 Å². The Bertz CT molecular complexity index is 1700. The number of nitrogens with one attached hydrogen (secondary N) is 2. The molecule has 4 aromatic rings. The van der Waals surface area contributed by atoms with Gasteiger partial charge in [0.1, 0.15) is 11.4 Å². The smallest absolute Gasteiger partial charge is 0.406 e. The van der Waals surface area contributed by atoms with Crippen LogP contribution in [0.25, 0.3) is 10.9 Å². The fourth-order valence-electron chi connectivity index (χ4n) is 4.56. The molecule has 1 saturated heterocycles. The van der Waals surface area contributed by atoms with Crippen LogP contribution in [0.3, 0.4) is 0 Å². The Kier molecular flexibility index (Phi) is 8.30. The van der Waals surface area contributed by atoms with E-state index < -0.39 is 29.8 Å². The third-order valence-corrected chi connectivity index (χ3v) is 6.76. The highest BCUT2D eigenvalue weighted by atomic mass is 19.4. The molecule has 1 aliphatic heterocycles. The normalized spacial score (nSPS) is 14.8.